The fraction of sp³-hybridized carbons (Fsp3) is 0.179. The zero-order valence-corrected chi connectivity index (χ0v) is 18.7. The lowest BCUT2D eigenvalue weighted by atomic mass is 9.88. The molecule has 1 aliphatic heterocycles. The maximum Gasteiger partial charge on any atom is 0.335 e. The predicted octanol–water partition coefficient (Wildman–Crippen LogP) is 5.73. The summed E-state index contributed by atoms with van der Waals surface area (Å²) in [7, 11) is 0. The molecule has 2 bridgehead atoms. The molecule has 0 amide bonds. The van der Waals surface area contributed by atoms with Gasteiger partial charge in [0, 0.05) is 17.0 Å². The van der Waals surface area contributed by atoms with Gasteiger partial charge in [-0.15, -0.1) is 0 Å². The Morgan fingerprint density at radius 3 is 2.44 bits per heavy atom. The van der Waals surface area contributed by atoms with E-state index in [2.05, 4.69) is 9.98 Å². The number of ether oxygens (including phenoxy) is 2. The molecule has 3 aromatic carbocycles. The molecule has 1 aliphatic carbocycles. The first-order valence-electron chi connectivity index (χ1n) is 11.2. The molecule has 0 fully saturated rings. The maximum absolute atomic E-state index is 12.6. The molecule has 0 spiro atoms. The fourth-order valence-electron chi connectivity index (χ4n) is 4.37. The predicted molar refractivity (Wildman–Crippen MR) is 131 cm³/mol. The summed E-state index contributed by atoms with van der Waals surface area (Å²) in [5.41, 5.74) is 3.43. The average molecular weight is 453 g/mol. The van der Waals surface area contributed by atoms with Gasteiger partial charge in [-0.3, -0.25) is 4.99 Å². The van der Waals surface area contributed by atoms with E-state index in [-0.39, 0.29) is 24.1 Å². The van der Waals surface area contributed by atoms with Gasteiger partial charge in [-0.25, -0.2) is 9.79 Å². The number of carbonyl (C=O) groups is 1. The van der Waals surface area contributed by atoms with Crippen LogP contribution in [-0.2, 0) is 16.1 Å². The quantitative estimate of drug-likeness (QED) is 0.518. The molecular weight excluding hydrogens is 428 g/mol. The van der Waals surface area contributed by atoms with Crippen LogP contribution >= 0.6 is 0 Å². The van der Waals surface area contributed by atoms with Crippen molar-refractivity contribution in [3.05, 3.63) is 101 Å². The Labute approximate surface area is 197 Å². The Morgan fingerprint density at radius 2 is 1.71 bits per heavy atom. The van der Waals surface area contributed by atoms with Crippen LogP contribution in [0.15, 0.2) is 94.4 Å². The number of para-hydroxylation sites is 1. The van der Waals surface area contributed by atoms with Crippen LogP contribution in [0.1, 0.15) is 30.0 Å². The van der Waals surface area contributed by atoms with Crippen LogP contribution in [0.4, 0.5) is 0 Å². The molecule has 170 valence electrons. The molecule has 1 N–H and O–H groups in total. The molecule has 0 radical (unpaired) electrons. The van der Waals surface area contributed by atoms with Crippen molar-refractivity contribution in [2.75, 3.05) is 0 Å². The Balaban J connectivity index is 1.62. The van der Waals surface area contributed by atoms with E-state index >= 15 is 0 Å². The molecule has 6 nitrogen and oxygen atoms in total. The molecule has 3 aromatic rings. The Morgan fingerprint density at radius 1 is 0.971 bits per heavy atom. The minimum atomic E-state index is -1.01. The van der Waals surface area contributed by atoms with E-state index < -0.39 is 5.97 Å². The van der Waals surface area contributed by atoms with E-state index in [1.54, 1.807) is 0 Å². The first kappa shape index (κ1) is 21.6. The van der Waals surface area contributed by atoms with Gasteiger partial charge >= 0.3 is 5.97 Å². The summed E-state index contributed by atoms with van der Waals surface area (Å²) in [6.07, 6.45) is 1.98. The van der Waals surface area contributed by atoms with Gasteiger partial charge in [0.25, 0.3) is 0 Å². The highest BCUT2D eigenvalue weighted by atomic mass is 16.5. The van der Waals surface area contributed by atoms with Gasteiger partial charge in [0.2, 0.25) is 0 Å². The number of rotatable bonds is 6. The molecule has 0 saturated carbocycles. The zero-order chi connectivity index (χ0) is 23.5. The molecular formula is C28H24N2O4. The Hall–Kier alpha value is -4.19. The third kappa shape index (κ3) is 4.35. The van der Waals surface area contributed by atoms with Crippen molar-refractivity contribution >= 4 is 23.8 Å². The van der Waals surface area contributed by atoms with Crippen molar-refractivity contribution in [1.29, 1.82) is 0 Å². The first-order chi connectivity index (χ1) is 16.6. The molecule has 2 unspecified atom stereocenters. The second kappa shape index (κ2) is 9.35. The number of aliphatic imine (C=N–C) groups is 2. The van der Waals surface area contributed by atoms with Crippen LogP contribution in [0.5, 0.6) is 11.5 Å². The number of benzene rings is 3. The molecule has 2 atom stereocenters. The van der Waals surface area contributed by atoms with Gasteiger partial charge in [-0.1, -0.05) is 48.5 Å². The largest absolute Gasteiger partial charge is 0.488 e. The maximum atomic E-state index is 12.6. The van der Waals surface area contributed by atoms with Crippen LogP contribution in [0, 0.1) is 5.92 Å². The van der Waals surface area contributed by atoms with Crippen LogP contribution in [0.3, 0.4) is 0 Å². The topological polar surface area (TPSA) is 80.5 Å². The molecule has 34 heavy (non-hydrogen) atoms. The van der Waals surface area contributed by atoms with Crippen LogP contribution in [0.2, 0.25) is 0 Å². The van der Waals surface area contributed by atoms with Crippen molar-refractivity contribution in [2.45, 2.75) is 26.0 Å². The number of fused-ring (bicyclic) bond motifs is 4. The standard InChI is InChI=1S/C28H24N2O4/c1-18-23-15-25(30-17-29-18)24-14-21(34-20-10-6-3-7-11-20)12-13-22(24)27(26(23)28(31)32)33-16-19-8-4-2-5-9-19/h2-14,17-18,23H,15-16H2,1H3,(H,31,32). The minimum Gasteiger partial charge on any atom is -0.488 e. The van der Waals surface area contributed by atoms with E-state index in [1.807, 2.05) is 85.8 Å². The Bertz CT molecular complexity index is 1300. The normalized spacial score (nSPS) is 18.9. The summed E-state index contributed by atoms with van der Waals surface area (Å²) in [6.45, 7) is 2.17. The van der Waals surface area contributed by atoms with Crippen molar-refractivity contribution in [1.82, 2.24) is 0 Å². The molecule has 0 aromatic heterocycles. The summed E-state index contributed by atoms with van der Waals surface area (Å²) >= 11 is 0. The fourth-order valence-corrected chi connectivity index (χ4v) is 4.37. The summed E-state index contributed by atoms with van der Waals surface area (Å²) in [5, 5.41) is 10.3. The number of carboxylic acid groups (broad SMARTS) is 1. The zero-order valence-electron chi connectivity index (χ0n) is 18.7. The lowest BCUT2D eigenvalue weighted by Gasteiger charge is -2.21. The van der Waals surface area contributed by atoms with E-state index in [1.165, 1.54) is 6.34 Å². The highest BCUT2D eigenvalue weighted by Gasteiger charge is 2.37. The van der Waals surface area contributed by atoms with E-state index in [4.69, 9.17) is 9.47 Å². The minimum absolute atomic E-state index is 0.227. The lowest BCUT2D eigenvalue weighted by Crippen LogP contribution is -2.24. The second-order valence-corrected chi connectivity index (χ2v) is 8.34. The summed E-state index contributed by atoms with van der Waals surface area (Å²) < 4.78 is 12.3. The van der Waals surface area contributed by atoms with Gasteiger partial charge in [-0.05, 0) is 49.2 Å². The second-order valence-electron chi connectivity index (χ2n) is 8.34. The van der Waals surface area contributed by atoms with E-state index in [9.17, 15) is 9.90 Å². The van der Waals surface area contributed by atoms with E-state index in [0.717, 1.165) is 16.8 Å². The number of hydrogen-bond donors (Lipinski definition) is 1. The summed E-state index contributed by atoms with van der Waals surface area (Å²) in [4.78, 5) is 21.6. The van der Waals surface area contributed by atoms with Gasteiger partial charge < -0.3 is 14.6 Å². The number of carboxylic acids is 1. The first-order valence-corrected chi connectivity index (χ1v) is 11.2. The summed E-state index contributed by atoms with van der Waals surface area (Å²) in [6, 6.07) is 24.6. The van der Waals surface area contributed by atoms with Gasteiger partial charge in [0.1, 0.15) is 30.2 Å². The number of hydrogen-bond acceptors (Lipinski definition) is 5. The van der Waals surface area contributed by atoms with Gasteiger partial charge in [-0.2, -0.15) is 0 Å². The molecule has 1 heterocycles. The van der Waals surface area contributed by atoms with Crippen molar-refractivity contribution in [2.24, 2.45) is 15.9 Å². The van der Waals surface area contributed by atoms with E-state index in [0.29, 0.717) is 29.2 Å². The average Bonchev–Trinajstić information content (AvgIpc) is 3.12. The van der Waals surface area contributed by atoms with Gasteiger partial charge in [0.15, 0.2) is 0 Å². The van der Waals surface area contributed by atoms with Crippen LogP contribution in [0.25, 0.3) is 5.76 Å². The third-order valence-corrected chi connectivity index (χ3v) is 6.11. The monoisotopic (exact) mass is 452 g/mol. The van der Waals surface area contributed by atoms with Crippen molar-refractivity contribution in [3.63, 3.8) is 0 Å². The SMILES string of the molecule is CC1N=CN=C2CC1C(C(=O)O)=C(OCc1ccccc1)c1ccc(Oc3ccccc3)cc12. The van der Waals surface area contributed by atoms with Crippen molar-refractivity contribution in [3.8, 4) is 11.5 Å². The van der Waals surface area contributed by atoms with Crippen LogP contribution in [-0.4, -0.2) is 29.2 Å². The van der Waals surface area contributed by atoms with Crippen molar-refractivity contribution < 1.29 is 19.4 Å². The Kier molecular flexibility index (Phi) is 5.95. The molecule has 5 rings (SSSR count). The van der Waals surface area contributed by atoms with Crippen LogP contribution < -0.4 is 4.74 Å². The smallest absolute Gasteiger partial charge is 0.335 e. The number of aliphatic carboxylic acids is 1. The molecule has 0 saturated heterocycles. The molecule has 2 aliphatic rings. The third-order valence-electron chi connectivity index (χ3n) is 6.11. The summed E-state index contributed by atoms with van der Waals surface area (Å²) in [5.74, 6) is 0.339. The lowest BCUT2D eigenvalue weighted by molar-refractivity contribution is -0.133. The highest BCUT2D eigenvalue weighted by molar-refractivity contribution is 6.11. The number of nitrogens with zero attached hydrogens (tertiary/aromatic N) is 2. The highest BCUT2D eigenvalue weighted by Crippen LogP contribution is 2.40. The molecule has 6 heteroatoms. The van der Waals surface area contributed by atoms with Gasteiger partial charge in [0.05, 0.1) is 17.3 Å².